The molecule has 0 heterocycles. The standard InChI is InChI=1S/C22H24N2O9.H2O/c1-21(32)7-5-4-6-8(25)9(7)15(26)10-12(21)17(28)13-14(24(2)3)16(27)11(20(23)31)19(30)22(13,33)18(10)29;/h4-6,12-14,17,25-26,28,30,32-33H,1-3H3,(H2,23,31);1H2. The van der Waals surface area contributed by atoms with Crippen LogP contribution in [0.15, 0.2) is 35.1 Å². The van der Waals surface area contributed by atoms with Crippen molar-refractivity contribution in [2.75, 3.05) is 14.1 Å². The van der Waals surface area contributed by atoms with E-state index >= 15 is 0 Å². The Balaban J connectivity index is 0.00000324. The summed E-state index contributed by atoms with van der Waals surface area (Å²) in [7, 11) is 2.80. The first kappa shape index (κ1) is 25.3. The van der Waals surface area contributed by atoms with Crippen molar-refractivity contribution in [1.82, 2.24) is 4.90 Å². The van der Waals surface area contributed by atoms with Crippen LogP contribution >= 0.6 is 0 Å². The molecule has 1 fully saturated rings. The number of nitrogens with two attached hydrogens (primary N) is 1. The van der Waals surface area contributed by atoms with E-state index in [0.717, 1.165) is 0 Å². The van der Waals surface area contributed by atoms with Crippen molar-refractivity contribution in [3.05, 3.63) is 46.2 Å². The Kier molecular flexibility index (Phi) is 5.67. The van der Waals surface area contributed by atoms with Crippen LogP contribution in [0.3, 0.4) is 0 Å². The Morgan fingerprint density at radius 3 is 2.24 bits per heavy atom. The van der Waals surface area contributed by atoms with Crippen LogP contribution in [0.25, 0.3) is 5.76 Å². The molecule has 1 aromatic carbocycles. The minimum absolute atomic E-state index is 0. The predicted molar refractivity (Wildman–Crippen MR) is 115 cm³/mol. The maximum atomic E-state index is 13.7. The van der Waals surface area contributed by atoms with Crippen LogP contribution < -0.4 is 5.73 Å². The number of aromatic hydroxyl groups is 1. The molecule has 1 amide bonds. The molecule has 10 N–H and O–H groups in total. The van der Waals surface area contributed by atoms with Gasteiger partial charge >= 0.3 is 0 Å². The van der Waals surface area contributed by atoms with Gasteiger partial charge in [0.1, 0.15) is 22.8 Å². The smallest absolute Gasteiger partial charge is 0.255 e. The van der Waals surface area contributed by atoms with Gasteiger partial charge in [0.05, 0.1) is 40.7 Å². The third-order valence-corrected chi connectivity index (χ3v) is 7.03. The molecule has 0 radical (unpaired) electrons. The molecule has 3 aliphatic rings. The van der Waals surface area contributed by atoms with Gasteiger partial charge in [0.2, 0.25) is 5.78 Å². The van der Waals surface area contributed by atoms with E-state index in [4.69, 9.17) is 5.73 Å². The normalized spacial score (nSPS) is 34.9. The second kappa shape index (κ2) is 7.61. The first-order valence-electron chi connectivity index (χ1n) is 10.1. The fraction of sp³-hybridized carbons (Fsp3) is 0.409. The lowest BCUT2D eigenvalue weighted by Gasteiger charge is -2.55. The second-order valence-electron chi connectivity index (χ2n) is 9.06. The highest BCUT2D eigenvalue weighted by Crippen LogP contribution is 2.57. The van der Waals surface area contributed by atoms with Gasteiger partial charge in [-0.1, -0.05) is 12.1 Å². The first-order valence-corrected chi connectivity index (χ1v) is 10.1. The molecule has 0 spiro atoms. The molecule has 34 heavy (non-hydrogen) atoms. The number of hydrogen-bond acceptors (Lipinski definition) is 10. The molecule has 12 nitrogen and oxygen atoms in total. The summed E-state index contributed by atoms with van der Waals surface area (Å²) < 4.78 is 0. The number of benzene rings is 1. The van der Waals surface area contributed by atoms with E-state index in [1.807, 2.05) is 0 Å². The van der Waals surface area contributed by atoms with E-state index in [1.54, 1.807) is 0 Å². The summed E-state index contributed by atoms with van der Waals surface area (Å²) in [5.41, 5.74) is -1.78. The van der Waals surface area contributed by atoms with E-state index in [-0.39, 0.29) is 16.6 Å². The molecular weight excluding hydrogens is 452 g/mol. The number of rotatable bonds is 2. The molecule has 4 rings (SSSR count). The maximum absolute atomic E-state index is 13.7. The van der Waals surface area contributed by atoms with Crippen LogP contribution in [-0.2, 0) is 20.0 Å². The number of carbonyl (C=O) groups excluding carboxylic acids is 3. The minimum Gasteiger partial charge on any atom is -0.508 e. The van der Waals surface area contributed by atoms with Crippen molar-refractivity contribution < 1.29 is 50.5 Å². The molecule has 0 saturated heterocycles. The monoisotopic (exact) mass is 478 g/mol. The number of aliphatic hydroxyl groups excluding tert-OH is 3. The molecule has 1 aromatic rings. The Morgan fingerprint density at radius 2 is 1.71 bits per heavy atom. The van der Waals surface area contributed by atoms with E-state index < -0.39 is 81.1 Å². The van der Waals surface area contributed by atoms with Gasteiger partial charge < -0.3 is 41.8 Å². The van der Waals surface area contributed by atoms with Gasteiger partial charge in [-0.2, -0.15) is 0 Å². The number of phenols is 1. The fourth-order valence-electron chi connectivity index (χ4n) is 5.60. The molecule has 6 atom stereocenters. The number of ketones is 2. The second-order valence-corrected chi connectivity index (χ2v) is 9.06. The van der Waals surface area contributed by atoms with Crippen molar-refractivity contribution in [3.63, 3.8) is 0 Å². The third kappa shape index (κ3) is 2.80. The van der Waals surface area contributed by atoms with Crippen LogP contribution in [0.1, 0.15) is 18.1 Å². The first-order chi connectivity index (χ1) is 15.2. The quantitative estimate of drug-likeness (QED) is 0.226. The number of primary amides is 1. The van der Waals surface area contributed by atoms with E-state index in [1.165, 1.54) is 44.1 Å². The molecular formula is C22H26N2O10. The topological polar surface area (TPSA) is 233 Å². The largest absolute Gasteiger partial charge is 0.508 e. The number of Topliss-reactive ketones (excluding diaryl/α,β-unsaturated/α-hetero) is 2. The number of fused-ring (bicyclic) bond motifs is 3. The molecule has 3 aliphatic carbocycles. The zero-order valence-electron chi connectivity index (χ0n) is 18.5. The minimum atomic E-state index is -3.02. The number of likely N-dealkylation sites (N-methyl/N-ethyl adjacent to an activating group) is 1. The van der Waals surface area contributed by atoms with Crippen LogP contribution in [-0.4, -0.2) is 90.3 Å². The number of nitrogens with zero attached hydrogens (tertiary/aromatic N) is 1. The average Bonchev–Trinajstić information content (AvgIpc) is 2.70. The molecule has 6 unspecified atom stereocenters. The SMILES string of the molecule is CN(C)C1C(=O)C(C(N)=O)=C(O)C2(O)C(=O)C3=C(O)c4c(O)cccc4C(C)(O)C3C(O)C12.O. The van der Waals surface area contributed by atoms with Gasteiger partial charge in [0.15, 0.2) is 11.4 Å². The van der Waals surface area contributed by atoms with Gasteiger partial charge in [-0.15, -0.1) is 0 Å². The lowest BCUT2D eigenvalue weighted by molar-refractivity contribution is -0.181. The zero-order chi connectivity index (χ0) is 24.8. The zero-order valence-corrected chi connectivity index (χ0v) is 18.5. The number of hydrogen-bond donors (Lipinski definition) is 7. The summed E-state index contributed by atoms with van der Waals surface area (Å²) in [5.74, 6) is -9.67. The third-order valence-electron chi connectivity index (χ3n) is 7.03. The van der Waals surface area contributed by atoms with Crippen LogP contribution in [0.4, 0.5) is 0 Å². The van der Waals surface area contributed by atoms with Crippen molar-refractivity contribution >= 4 is 23.2 Å². The highest BCUT2D eigenvalue weighted by molar-refractivity contribution is 6.24. The van der Waals surface area contributed by atoms with Crippen LogP contribution in [0, 0.1) is 11.8 Å². The van der Waals surface area contributed by atoms with Gasteiger partial charge in [-0.25, -0.2) is 0 Å². The predicted octanol–water partition coefficient (Wildman–Crippen LogP) is -2.22. The number of phenolic OH excluding ortho intramolecular Hbond substituents is 1. The van der Waals surface area contributed by atoms with Crippen LogP contribution in [0.5, 0.6) is 5.75 Å². The lowest BCUT2D eigenvalue weighted by atomic mass is 9.53. The number of amides is 1. The average molecular weight is 478 g/mol. The van der Waals surface area contributed by atoms with Gasteiger partial charge in [0.25, 0.3) is 5.91 Å². The van der Waals surface area contributed by atoms with Gasteiger partial charge in [0, 0.05) is 0 Å². The molecule has 1 saturated carbocycles. The van der Waals surface area contributed by atoms with Gasteiger partial charge in [-0.3, -0.25) is 19.3 Å². The Labute approximate surface area is 193 Å². The van der Waals surface area contributed by atoms with Crippen LogP contribution in [0.2, 0.25) is 0 Å². The number of carbonyl (C=O) groups is 3. The highest BCUT2D eigenvalue weighted by atomic mass is 16.4. The summed E-state index contributed by atoms with van der Waals surface area (Å²) in [4.78, 5) is 39.9. The molecule has 12 heteroatoms. The van der Waals surface area contributed by atoms with Crippen molar-refractivity contribution in [3.8, 4) is 5.75 Å². The lowest BCUT2D eigenvalue weighted by Crippen LogP contribution is -2.71. The highest BCUT2D eigenvalue weighted by Gasteiger charge is 2.70. The summed E-state index contributed by atoms with van der Waals surface area (Å²) >= 11 is 0. The fourth-order valence-corrected chi connectivity index (χ4v) is 5.60. The Bertz CT molecular complexity index is 1180. The van der Waals surface area contributed by atoms with E-state index in [2.05, 4.69) is 0 Å². The van der Waals surface area contributed by atoms with Crippen molar-refractivity contribution in [2.45, 2.75) is 30.3 Å². The Hall–Kier alpha value is -3.29. The maximum Gasteiger partial charge on any atom is 0.255 e. The van der Waals surface area contributed by atoms with Crippen molar-refractivity contribution in [2.24, 2.45) is 17.6 Å². The molecule has 184 valence electrons. The number of aliphatic hydroxyl groups is 5. The Morgan fingerprint density at radius 1 is 1.12 bits per heavy atom. The molecule has 0 bridgehead atoms. The molecule has 0 aromatic heterocycles. The van der Waals surface area contributed by atoms with Crippen molar-refractivity contribution in [1.29, 1.82) is 0 Å². The van der Waals surface area contributed by atoms with E-state index in [0.29, 0.717) is 0 Å². The summed E-state index contributed by atoms with van der Waals surface area (Å²) in [6.45, 7) is 1.25. The van der Waals surface area contributed by atoms with E-state index in [9.17, 15) is 45.0 Å². The van der Waals surface area contributed by atoms with Gasteiger partial charge in [-0.05, 0) is 32.6 Å². The summed E-state index contributed by atoms with van der Waals surface area (Å²) in [6, 6.07) is 2.50. The summed E-state index contributed by atoms with van der Waals surface area (Å²) in [6.07, 6.45) is -1.87. The molecule has 0 aliphatic heterocycles. The summed E-state index contributed by atoms with van der Waals surface area (Å²) in [5, 5.41) is 66.3.